The molecule has 3 fully saturated rings. The number of carbonyl (C=O) groups is 1. The van der Waals surface area contributed by atoms with Crippen LogP contribution in [-0.4, -0.2) is 47.1 Å². The second-order valence-electron chi connectivity index (χ2n) is 7.61. The van der Waals surface area contributed by atoms with Gasteiger partial charge in [0.25, 0.3) is 0 Å². The van der Waals surface area contributed by atoms with E-state index in [2.05, 4.69) is 16.0 Å². The van der Waals surface area contributed by atoms with Crippen molar-refractivity contribution in [2.24, 2.45) is 11.3 Å². The van der Waals surface area contributed by atoms with Crippen molar-refractivity contribution < 1.29 is 9.63 Å². The van der Waals surface area contributed by atoms with Crippen molar-refractivity contribution in [1.82, 2.24) is 14.9 Å². The first kappa shape index (κ1) is 16.0. The van der Waals surface area contributed by atoms with E-state index in [1.54, 1.807) is 5.06 Å². The van der Waals surface area contributed by atoms with Crippen LogP contribution in [-0.2, 0) is 16.2 Å². The molecular weight excluding hydrogens is 302 g/mol. The predicted octanol–water partition coefficient (Wildman–Crippen LogP) is 2.63. The molecule has 5 nitrogen and oxygen atoms in total. The Morgan fingerprint density at radius 2 is 2.25 bits per heavy atom. The molecule has 1 aliphatic carbocycles. The van der Waals surface area contributed by atoms with Crippen molar-refractivity contribution >= 4 is 5.91 Å². The average Bonchev–Trinajstić information content (AvgIpc) is 3.23. The van der Waals surface area contributed by atoms with Gasteiger partial charge in [0.15, 0.2) is 0 Å². The second kappa shape index (κ2) is 6.81. The maximum absolute atomic E-state index is 13.0. The molecule has 5 heteroatoms. The minimum Gasteiger partial charge on any atom is -0.298 e. The van der Waals surface area contributed by atoms with Crippen LogP contribution in [0.3, 0.4) is 0 Å². The van der Waals surface area contributed by atoms with E-state index in [1.807, 2.05) is 18.5 Å². The Kier molecular flexibility index (Phi) is 4.55. The van der Waals surface area contributed by atoms with E-state index in [9.17, 15) is 4.79 Å². The van der Waals surface area contributed by atoms with Gasteiger partial charge < -0.3 is 0 Å². The van der Waals surface area contributed by atoms with Crippen LogP contribution < -0.4 is 0 Å². The van der Waals surface area contributed by atoms with Crippen LogP contribution in [0, 0.1) is 11.3 Å². The van der Waals surface area contributed by atoms with Crippen molar-refractivity contribution in [3.63, 3.8) is 0 Å². The summed E-state index contributed by atoms with van der Waals surface area (Å²) in [6.45, 7) is 4.52. The van der Waals surface area contributed by atoms with Gasteiger partial charge >= 0.3 is 0 Å². The molecule has 2 aliphatic heterocycles. The second-order valence-corrected chi connectivity index (χ2v) is 7.61. The molecule has 0 N–H and O–H groups in total. The number of aromatic nitrogens is 1. The molecule has 1 aromatic heterocycles. The summed E-state index contributed by atoms with van der Waals surface area (Å²) in [5.74, 6) is 0.393. The van der Waals surface area contributed by atoms with Gasteiger partial charge in [0.1, 0.15) is 0 Å². The van der Waals surface area contributed by atoms with Gasteiger partial charge in [-0.2, -0.15) is 0 Å². The van der Waals surface area contributed by atoms with E-state index in [0.29, 0.717) is 6.61 Å². The first-order valence-corrected chi connectivity index (χ1v) is 9.32. The summed E-state index contributed by atoms with van der Waals surface area (Å²) in [5.41, 5.74) is 1.43. The summed E-state index contributed by atoms with van der Waals surface area (Å²) < 4.78 is 0. The fourth-order valence-electron chi connectivity index (χ4n) is 4.83. The predicted molar refractivity (Wildman–Crippen MR) is 90.8 cm³/mol. The molecule has 1 amide bonds. The van der Waals surface area contributed by atoms with E-state index in [1.165, 1.54) is 18.4 Å². The molecule has 0 aromatic carbocycles. The molecule has 1 aromatic rings. The van der Waals surface area contributed by atoms with Gasteiger partial charge in [-0.05, 0) is 55.7 Å². The zero-order valence-corrected chi connectivity index (χ0v) is 14.3. The van der Waals surface area contributed by atoms with Crippen LogP contribution >= 0.6 is 0 Å². The van der Waals surface area contributed by atoms with Crippen LogP contribution in [0.1, 0.15) is 44.1 Å². The highest BCUT2D eigenvalue weighted by atomic mass is 16.7. The van der Waals surface area contributed by atoms with E-state index >= 15 is 0 Å². The number of rotatable bonds is 3. The quantitative estimate of drug-likeness (QED) is 0.855. The molecule has 0 radical (unpaired) electrons. The van der Waals surface area contributed by atoms with Gasteiger partial charge in [-0.1, -0.05) is 12.5 Å². The lowest BCUT2D eigenvalue weighted by Gasteiger charge is -2.35. The molecule has 3 heterocycles. The number of nitrogens with zero attached hydrogens (tertiary/aromatic N) is 3. The van der Waals surface area contributed by atoms with Gasteiger partial charge in [0.05, 0.1) is 6.61 Å². The molecule has 2 atom stereocenters. The third-order valence-corrected chi connectivity index (χ3v) is 6.05. The van der Waals surface area contributed by atoms with Crippen molar-refractivity contribution in [2.45, 2.75) is 45.1 Å². The van der Waals surface area contributed by atoms with Crippen LogP contribution in [0.15, 0.2) is 24.5 Å². The Morgan fingerprint density at radius 3 is 3.04 bits per heavy atom. The zero-order chi connectivity index (χ0) is 16.4. The Morgan fingerprint density at radius 1 is 1.29 bits per heavy atom. The van der Waals surface area contributed by atoms with E-state index in [0.717, 1.165) is 51.9 Å². The average molecular weight is 329 g/mol. The molecular formula is C19H27N3O2. The molecule has 1 saturated carbocycles. The Labute approximate surface area is 143 Å². The number of hydroxylamine groups is 2. The number of hydrogen-bond donors (Lipinski definition) is 0. The van der Waals surface area contributed by atoms with Crippen molar-refractivity contribution in [1.29, 1.82) is 0 Å². The first-order valence-electron chi connectivity index (χ1n) is 9.32. The molecule has 2 saturated heterocycles. The van der Waals surface area contributed by atoms with Crippen LogP contribution in [0.5, 0.6) is 0 Å². The minimum atomic E-state index is 0.148. The summed E-state index contributed by atoms with van der Waals surface area (Å²) in [7, 11) is 0. The van der Waals surface area contributed by atoms with Crippen molar-refractivity contribution in [3.8, 4) is 0 Å². The molecule has 0 bridgehead atoms. The van der Waals surface area contributed by atoms with E-state index in [4.69, 9.17) is 4.84 Å². The normalized spacial score (nSPS) is 31.0. The summed E-state index contributed by atoms with van der Waals surface area (Å²) in [4.78, 5) is 25.4. The molecule has 130 valence electrons. The molecule has 1 spiro atoms. The Balaban J connectivity index is 1.43. The maximum Gasteiger partial charge on any atom is 0.249 e. The van der Waals surface area contributed by atoms with Crippen molar-refractivity contribution in [3.05, 3.63) is 30.1 Å². The zero-order valence-electron chi connectivity index (χ0n) is 14.3. The monoisotopic (exact) mass is 329 g/mol. The molecule has 24 heavy (non-hydrogen) atoms. The van der Waals surface area contributed by atoms with Gasteiger partial charge in [0.2, 0.25) is 5.91 Å². The van der Waals surface area contributed by atoms with Crippen LogP contribution in [0.25, 0.3) is 0 Å². The van der Waals surface area contributed by atoms with Crippen molar-refractivity contribution in [2.75, 3.05) is 26.2 Å². The summed E-state index contributed by atoms with van der Waals surface area (Å²) in [5, 5.41) is 1.67. The molecule has 0 unspecified atom stereocenters. The fraction of sp³-hybridized carbons (Fsp3) is 0.684. The highest BCUT2D eigenvalue weighted by molar-refractivity contribution is 5.79. The highest BCUT2D eigenvalue weighted by Gasteiger charge is 2.51. The lowest BCUT2D eigenvalue weighted by atomic mass is 9.76. The van der Waals surface area contributed by atoms with Gasteiger partial charge in [-0.15, -0.1) is 0 Å². The van der Waals surface area contributed by atoms with Gasteiger partial charge in [-0.25, -0.2) is 5.06 Å². The lowest BCUT2D eigenvalue weighted by molar-refractivity contribution is -0.204. The third kappa shape index (κ3) is 3.07. The van der Waals surface area contributed by atoms with Crippen LogP contribution in [0.2, 0.25) is 0 Å². The van der Waals surface area contributed by atoms with Crippen LogP contribution in [0.4, 0.5) is 0 Å². The van der Waals surface area contributed by atoms with Gasteiger partial charge in [-0.3, -0.25) is 19.5 Å². The molecule has 3 aliphatic rings. The van der Waals surface area contributed by atoms with E-state index < -0.39 is 0 Å². The number of likely N-dealkylation sites (tertiary alicyclic amines) is 1. The number of pyridine rings is 1. The van der Waals surface area contributed by atoms with Gasteiger partial charge in [0, 0.05) is 37.9 Å². The number of amides is 1. The summed E-state index contributed by atoms with van der Waals surface area (Å²) in [6.07, 6.45) is 10.4. The number of carbonyl (C=O) groups excluding carboxylic acids is 1. The topological polar surface area (TPSA) is 45.7 Å². The summed E-state index contributed by atoms with van der Waals surface area (Å²) in [6, 6.07) is 4.13. The minimum absolute atomic E-state index is 0.148. The maximum atomic E-state index is 13.0. The third-order valence-electron chi connectivity index (χ3n) is 6.05. The highest BCUT2D eigenvalue weighted by Crippen LogP contribution is 2.50. The fourth-order valence-corrected chi connectivity index (χ4v) is 4.83. The number of hydrogen-bond acceptors (Lipinski definition) is 4. The summed E-state index contributed by atoms with van der Waals surface area (Å²) >= 11 is 0. The Hall–Kier alpha value is -1.46. The standard InChI is InChI=1S/C19H27N3O2/c23-18(22-10-1-2-12-24-22)17-6-3-7-19(17)8-11-21(15-19)14-16-5-4-9-20-13-16/h4-5,9,13,17H,1-3,6-8,10-12,14-15H2/t17-,19-/m0/s1. The lowest BCUT2D eigenvalue weighted by Crippen LogP contribution is -2.45. The Bertz CT molecular complexity index is 573. The SMILES string of the molecule is O=C([C@@H]1CCC[C@@]12CCN(Cc1cccnc1)C2)N1CCCCO1. The largest absolute Gasteiger partial charge is 0.298 e. The smallest absolute Gasteiger partial charge is 0.249 e. The first-order chi connectivity index (χ1) is 11.8. The van der Waals surface area contributed by atoms with E-state index in [-0.39, 0.29) is 17.2 Å². The molecule has 4 rings (SSSR count).